The third kappa shape index (κ3) is 4.02. The maximum atomic E-state index is 9.42. The van der Waals surface area contributed by atoms with E-state index in [4.69, 9.17) is 10.2 Å². The van der Waals surface area contributed by atoms with Crippen LogP contribution in [0.25, 0.3) is 0 Å². The minimum Gasteiger partial charge on any atom is -0.394 e. The molecule has 80 valence electrons. The predicted octanol–water partition coefficient (Wildman–Crippen LogP) is -2.08. The van der Waals surface area contributed by atoms with Crippen LogP contribution in [0.15, 0.2) is 0 Å². The average Bonchev–Trinajstić information content (AvgIpc) is 2.14. The largest absolute Gasteiger partial charge is 0.394 e. The summed E-state index contributed by atoms with van der Waals surface area (Å²) in [6.07, 6.45) is -3.03. The molecule has 0 radical (unpaired) electrons. The summed E-state index contributed by atoms with van der Waals surface area (Å²) in [5.41, 5.74) is 0. The first-order valence-electron chi connectivity index (χ1n) is 4.34. The molecule has 4 atom stereocenters. The molecule has 5 N–H and O–H groups in total. The number of nitrogens with one attached hydrogen (secondary N) is 1. The number of hydrogen-bond acceptors (Lipinski definition) is 5. The van der Waals surface area contributed by atoms with E-state index in [1.54, 1.807) is 14.0 Å². The second kappa shape index (κ2) is 6.28. The van der Waals surface area contributed by atoms with Crippen molar-refractivity contribution in [1.82, 2.24) is 5.32 Å². The molecular formula is C8H19NO4. The highest BCUT2D eigenvalue weighted by atomic mass is 16.4. The van der Waals surface area contributed by atoms with Crippen molar-refractivity contribution in [2.24, 2.45) is 5.92 Å². The van der Waals surface area contributed by atoms with Crippen molar-refractivity contribution in [2.45, 2.75) is 25.2 Å². The van der Waals surface area contributed by atoms with Crippen LogP contribution in [0.2, 0.25) is 0 Å². The summed E-state index contributed by atoms with van der Waals surface area (Å²) >= 11 is 0. The van der Waals surface area contributed by atoms with Crippen molar-refractivity contribution in [3.05, 3.63) is 0 Å². The normalized spacial score (nSPS) is 20.8. The summed E-state index contributed by atoms with van der Waals surface area (Å²) in [5.74, 6) is -0.477. The predicted molar refractivity (Wildman–Crippen MR) is 48.2 cm³/mol. The first kappa shape index (κ1) is 12.8. The van der Waals surface area contributed by atoms with Crippen LogP contribution < -0.4 is 5.32 Å². The fourth-order valence-electron chi connectivity index (χ4n) is 1.08. The number of rotatable bonds is 6. The van der Waals surface area contributed by atoms with Crippen LogP contribution in [0.4, 0.5) is 0 Å². The van der Waals surface area contributed by atoms with E-state index in [1.807, 2.05) is 0 Å². The van der Waals surface area contributed by atoms with Gasteiger partial charge in [0, 0.05) is 12.5 Å². The Labute approximate surface area is 78.0 Å². The zero-order valence-electron chi connectivity index (χ0n) is 8.01. The molecule has 0 aromatic carbocycles. The van der Waals surface area contributed by atoms with E-state index in [-0.39, 0.29) is 0 Å². The van der Waals surface area contributed by atoms with Gasteiger partial charge in [0.15, 0.2) is 0 Å². The van der Waals surface area contributed by atoms with Gasteiger partial charge in [-0.2, -0.15) is 0 Å². The molecule has 0 bridgehead atoms. The molecule has 0 aliphatic carbocycles. The Hall–Kier alpha value is -0.200. The van der Waals surface area contributed by atoms with Crippen LogP contribution >= 0.6 is 0 Å². The zero-order chi connectivity index (χ0) is 10.4. The topological polar surface area (TPSA) is 93.0 Å². The second-order valence-electron chi connectivity index (χ2n) is 3.22. The van der Waals surface area contributed by atoms with Crippen molar-refractivity contribution in [2.75, 3.05) is 20.2 Å². The summed E-state index contributed by atoms with van der Waals surface area (Å²) in [7, 11) is 1.69. The van der Waals surface area contributed by atoms with E-state index in [9.17, 15) is 10.2 Å². The Morgan fingerprint density at radius 3 is 2.08 bits per heavy atom. The summed E-state index contributed by atoms with van der Waals surface area (Å²) in [4.78, 5) is 0. The van der Waals surface area contributed by atoms with E-state index in [2.05, 4.69) is 5.32 Å². The lowest BCUT2D eigenvalue weighted by Crippen LogP contribution is -2.43. The van der Waals surface area contributed by atoms with Crippen molar-refractivity contribution in [1.29, 1.82) is 0 Å². The molecule has 0 saturated carbocycles. The van der Waals surface area contributed by atoms with Crippen molar-refractivity contribution < 1.29 is 20.4 Å². The van der Waals surface area contributed by atoms with Crippen LogP contribution in [0.1, 0.15) is 6.92 Å². The summed E-state index contributed by atoms with van der Waals surface area (Å²) in [6, 6.07) is 0. The standard InChI is InChI=1S/C8H19NO4/c1-5(6(11)3-9-2)8(13)7(12)4-10/h5-13H,3-4H2,1-2H3/t5-,6+,7-,8+/m1/s1. The molecule has 5 nitrogen and oxygen atoms in total. The van der Waals surface area contributed by atoms with E-state index < -0.39 is 30.8 Å². The second-order valence-corrected chi connectivity index (χ2v) is 3.22. The molecule has 0 saturated heterocycles. The number of aliphatic hydroxyl groups is 4. The van der Waals surface area contributed by atoms with E-state index in [0.717, 1.165) is 0 Å². The van der Waals surface area contributed by atoms with Gasteiger partial charge in [0.05, 0.1) is 18.8 Å². The summed E-state index contributed by atoms with van der Waals surface area (Å²) in [5, 5.41) is 39.2. The molecule has 13 heavy (non-hydrogen) atoms. The van der Waals surface area contributed by atoms with Gasteiger partial charge >= 0.3 is 0 Å². The lowest BCUT2D eigenvalue weighted by Gasteiger charge is -2.26. The maximum absolute atomic E-state index is 9.42. The Bertz CT molecular complexity index is 133. The average molecular weight is 193 g/mol. The van der Waals surface area contributed by atoms with Crippen LogP contribution in [-0.4, -0.2) is 58.9 Å². The summed E-state index contributed by atoms with van der Waals surface area (Å²) < 4.78 is 0. The SMILES string of the molecule is CNC[C@H](O)[C@@H](C)[C@H](O)[C@H](O)CO. The smallest absolute Gasteiger partial charge is 0.103 e. The molecule has 0 heterocycles. The highest BCUT2D eigenvalue weighted by molar-refractivity contribution is 4.78. The van der Waals surface area contributed by atoms with Crippen LogP contribution in [0.3, 0.4) is 0 Å². The van der Waals surface area contributed by atoms with Crippen molar-refractivity contribution >= 4 is 0 Å². The minimum atomic E-state index is -1.19. The van der Waals surface area contributed by atoms with Gasteiger partial charge in [0.2, 0.25) is 0 Å². The fraction of sp³-hybridized carbons (Fsp3) is 1.00. The third-order valence-electron chi connectivity index (χ3n) is 2.14. The highest BCUT2D eigenvalue weighted by Gasteiger charge is 2.27. The number of aliphatic hydroxyl groups excluding tert-OH is 4. The molecule has 0 spiro atoms. The monoisotopic (exact) mass is 193 g/mol. The molecule has 0 aromatic heterocycles. The molecule has 0 aliphatic rings. The Balaban J connectivity index is 3.99. The molecule has 0 rings (SSSR count). The maximum Gasteiger partial charge on any atom is 0.103 e. The Morgan fingerprint density at radius 1 is 1.15 bits per heavy atom. The van der Waals surface area contributed by atoms with E-state index in [0.29, 0.717) is 6.54 Å². The molecule has 0 aliphatic heterocycles. The van der Waals surface area contributed by atoms with Crippen molar-refractivity contribution in [3.63, 3.8) is 0 Å². The lowest BCUT2D eigenvalue weighted by atomic mass is 9.94. The third-order valence-corrected chi connectivity index (χ3v) is 2.14. The van der Waals surface area contributed by atoms with Gasteiger partial charge < -0.3 is 25.7 Å². The van der Waals surface area contributed by atoms with Crippen LogP contribution in [0, 0.1) is 5.92 Å². The summed E-state index contributed by atoms with van der Waals surface area (Å²) in [6.45, 7) is 1.46. The van der Waals surface area contributed by atoms with Gasteiger partial charge in [-0.25, -0.2) is 0 Å². The fourth-order valence-corrected chi connectivity index (χ4v) is 1.08. The number of hydrogen-bond donors (Lipinski definition) is 5. The molecule has 0 aromatic rings. The van der Waals surface area contributed by atoms with Gasteiger partial charge in [-0.15, -0.1) is 0 Å². The van der Waals surface area contributed by atoms with Crippen LogP contribution in [0.5, 0.6) is 0 Å². The first-order valence-corrected chi connectivity index (χ1v) is 4.34. The van der Waals surface area contributed by atoms with Gasteiger partial charge in [-0.1, -0.05) is 6.92 Å². The Kier molecular flexibility index (Phi) is 6.19. The molecule has 0 amide bonds. The molecule has 5 heteroatoms. The van der Waals surface area contributed by atoms with Crippen LogP contribution in [-0.2, 0) is 0 Å². The molecular weight excluding hydrogens is 174 g/mol. The minimum absolute atomic E-state index is 0.344. The Morgan fingerprint density at radius 2 is 1.69 bits per heavy atom. The molecule has 0 unspecified atom stereocenters. The van der Waals surface area contributed by atoms with E-state index >= 15 is 0 Å². The highest BCUT2D eigenvalue weighted by Crippen LogP contribution is 2.11. The number of likely N-dealkylation sites (N-methyl/N-ethyl adjacent to an activating group) is 1. The van der Waals surface area contributed by atoms with Gasteiger partial charge in [0.1, 0.15) is 6.10 Å². The first-order chi connectivity index (χ1) is 6.04. The lowest BCUT2D eigenvalue weighted by molar-refractivity contribution is -0.0680. The molecule has 0 fully saturated rings. The van der Waals surface area contributed by atoms with Gasteiger partial charge in [-0.05, 0) is 7.05 Å². The van der Waals surface area contributed by atoms with Gasteiger partial charge in [-0.3, -0.25) is 0 Å². The quantitative estimate of drug-likeness (QED) is 0.334. The van der Waals surface area contributed by atoms with E-state index in [1.165, 1.54) is 0 Å². The van der Waals surface area contributed by atoms with Gasteiger partial charge in [0.25, 0.3) is 0 Å². The zero-order valence-corrected chi connectivity index (χ0v) is 8.01. The van der Waals surface area contributed by atoms with Crippen molar-refractivity contribution in [3.8, 4) is 0 Å².